The first-order valence-corrected chi connectivity index (χ1v) is 12.7. The number of aromatic nitrogens is 1. The van der Waals surface area contributed by atoms with Crippen LogP contribution in [0.15, 0.2) is 122 Å². The van der Waals surface area contributed by atoms with Crippen molar-refractivity contribution < 1.29 is 0 Å². The largest absolute Gasteiger partial charge is 0.309 e. The van der Waals surface area contributed by atoms with Crippen molar-refractivity contribution in [2.24, 2.45) is 0 Å². The average Bonchev–Trinajstić information content (AvgIpc) is 3.54. The van der Waals surface area contributed by atoms with Crippen LogP contribution in [0.1, 0.15) is 0 Å². The second-order valence-corrected chi connectivity index (χ2v) is 11.1. The molecule has 0 saturated heterocycles. The maximum atomic E-state index is 2.40. The molecule has 0 unspecified atom stereocenters. The second kappa shape index (κ2) is 6.87. The molecule has 0 amide bonds. The molecular weight excluding hydrogens is 390 g/mol. The molecule has 1 nitrogen and oxygen atoms in total. The van der Waals surface area contributed by atoms with Crippen LogP contribution in [0, 0.1) is 0 Å². The Bertz CT molecular complexity index is 1330. The topological polar surface area (TPSA) is 4.93 Å². The number of fused-ring (bicyclic) bond motifs is 3. The van der Waals surface area contributed by atoms with E-state index in [2.05, 4.69) is 117 Å². The van der Waals surface area contributed by atoms with Gasteiger partial charge in [-0.1, -0.05) is 42.5 Å². The summed E-state index contributed by atoms with van der Waals surface area (Å²) in [6.07, 6.45) is 8.63. The Labute approximate surface area is 176 Å². The van der Waals surface area contributed by atoms with Crippen LogP contribution >= 0.6 is 21.8 Å². The maximum Gasteiger partial charge on any atom is 0.0541 e. The van der Waals surface area contributed by atoms with Gasteiger partial charge in [-0.2, -0.15) is 21.8 Å². The van der Waals surface area contributed by atoms with Gasteiger partial charge in [-0.15, -0.1) is 0 Å². The molecule has 2 aliphatic rings. The Morgan fingerprint density at radius 1 is 0.517 bits per heavy atom. The maximum absolute atomic E-state index is 2.40. The van der Waals surface area contributed by atoms with Gasteiger partial charge < -0.3 is 4.57 Å². The van der Waals surface area contributed by atoms with Gasteiger partial charge in [-0.25, -0.2) is 0 Å². The van der Waals surface area contributed by atoms with E-state index in [-0.39, 0.29) is 21.8 Å². The van der Waals surface area contributed by atoms with Crippen molar-refractivity contribution >= 4 is 43.6 Å². The summed E-state index contributed by atoms with van der Waals surface area (Å²) in [5.74, 6) is 0. The molecule has 29 heavy (non-hydrogen) atoms. The molecule has 0 saturated carbocycles. The van der Waals surface area contributed by atoms with Crippen molar-refractivity contribution in [1.82, 2.24) is 4.57 Å². The molecule has 0 spiro atoms. The molecule has 0 radical (unpaired) electrons. The Kier molecular flexibility index (Phi) is 4.03. The second-order valence-electron chi connectivity index (χ2n) is 7.25. The number of nitrogens with zero attached hydrogens (tertiary/aromatic N) is 1. The van der Waals surface area contributed by atoms with Crippen LogP contribution in [0.25, 0.3) is 27.5 Å². The normalized spacial score (nSPS) is 17.4. The zero-order valence-electron chi connectivity index (χ0n) is 15.8. The van der Waals surface area contributed by atoms with E-state index in [4.69, 9.17) is 0 Å². The van der Waals surface area contributed by atoms with Crippen LogP contribution < -0.4 is 0 Å². The minimum Gasteiger partial charge on any atom is -0.309 e. The molecule has 3 heterocycles. The first kappa shape index (κ1) is 17.0. The van der Waals surface area contributed by atoms with Crippen molar-refractivity contribution in [3.05, 3.63) is 113 Å². The zero-order valence-corrected chi connectivity index (χ0v) is 17.6. The van der Waals surface area contributed by atoms with Gasteiger partial charge in [-0.3, -0.25) is 0 Å². The van der Waals surface area contributed by atoms with Crippen LogP contribution in [-0.2, 0) is 0 Å². The summed E-state index contributed by atoms with van der Waals surface area (Å²) in [6.45, 7) is 0. The predicted molar refractivity (Wildman–Crippen MR) is 132 cm³/mol. The lowest BCUT2D eigenvalue weighted by atomic mass is 10.1. The first-order chi connectivity index (χ1) is 14.4. The third-order valence-electron chi connectivity index (χ3n) is 5.57. The van der Waals surface area contributed by atoms with Gasteiger partial charge in [0.25, 0.3) is 0 Å². The van der Waals surface area contributed by atoms with E-state index in [0.717, 1.165) is 0 Å². The van der Waals surface area contributed by atoms with Crippen LogP contribution in [0.4, 0.5) is 0 Å². The Balaban J connectivity index is 1.53. The molecule has 0 aliphatic carbocycles. The molecule has 3 heteroatoms. The van der Waals surface area contributed by atoms with E-state index < -0.39 is 0 Å². The summed E-state index contributed by atoms with van der Waals surface area (Å²) in [6, 6.07) is 24.9. The van der Waals surface area contributed by atoms with Gasteiger partial charge in [-0.05, 0) is 80.0 Å². The monoisotopic (exact) mass is 411 g/mol. The van der Waals surface area contributed by atoms with Gasteiger partial charge in [0, 0.05) is 16.5 Å². The third kappa shape index (κ3) is 2.81. The number of hydrogen-bond donors (Lipinski definition) is 2. The Hall–Kier alpha value is -2.88. The van der Waals surface area contributed by atoms with Crippen LogP contribution in [0.2, 0.25) is 0 Å². The van der Waals surface area contributed by atoms with E-state index in [1.807, 2.05) is 0 Å². The fraction of sp³-hybridized carbons (Fsp3) is 0. The predicted octanol–water partition coefficient (Wildman–Crippen LogP) is 7.59. The van der Waals surface area contributed by atoms with Gasteiger partial charge in [0.1, 0.15) is 0 Å². The lowest BCUT2D eigenvalue weighted by Gasteiger charge is -2.13. The highest BCUT2D eigenvalue weighted by atomic mass is 32.2. The van der Waals surface area contributed by atoms with Crippen molar-refractivity contribution in [3.63, 3.8) is 0 Å². The Morgan fingerprint density at radius 2 is 1.10 bits per heavy atom. The molecular formula is C26H21NS2. The molecule has 0 bridgehead atoms. The zero-order chi connectivity index (χ0) is 19.2. The molecule has 6 rings (SSSR count). The van der Waals surface area contributed by atoms with Gasteiger partial charge >= 0.3 is 0 Å². The minimum atomic E-state index is -0.305. The van der Waals surface area contributed by atoms with Gasteiger partial charge in [0.15, 0.2) is 0 Å². The first-order valence-electron chi connectivity index (χ1n) is 9.79. The van der Waals surface area contributed by atoms with E-state index in [1.165, 1.54) is 37.3 Å². The highest BCUT2D eigenvalue weighted by Gasteiger charge is 2.14. The number of benzene rings is 3. The smallest absolute Gasteiger partial charge is 0.0541 e. The summed E-state index contributed by atoms with van der Waals surface area (Å²) in [5, 5.41) is 11.9. The number of allylic oxidation sites excluding steroid dienone is 4. The summed E-state index contributed by atoms with van der Waals surface area (Å²) in [5.41, 5.74) is 3.77. The van der Waals surface area contributed by atoms with Crippen molar-refractivity contribution in [1.29, 1.82) is 0 Å². The highest BCUT2D eigenvalue weighted by Crippen LogP contribution is 2.45. The van der Waals surface area contributed by atoms with E-state index >= 15 is 0 Å². The number of para-hydroxylation sites is 1. The highest BCUT2D eigenvalue weighted by molar-refractivity contribution is 8.22. The molecule has 0 N–H and O–H groups in total. The van der Waals surface area contributed by atoms with Gasteiger partial charge in [0.05, 0.1) is 11.0 Å². The lowest BCUT2D eigenvalue weighted by molar-refractivity contribution is 1.17. The molecule has 0 atom stereocenters. The van der Waals surface area contributed by atoms with Crippen molar-refractivity contribution in [2.75, 3.05) is 0 Å². The summed E-state index contributed by atoms with van der Waals surface area (Å²) in [7, 11) is -0.575. The number of rotatable bonds is 3. The minimum absolute atomic E-state index is 0.270. The molecule has 2 aliphatic heterocycles. The average molecular weight is 412 g/mol. The van der Waals surface area contributed by atoms with E-state index in [0.29, 0.717) is 0 Å². The molecule has 4 aromatic rings. The van der Waals surface area contributed by atoms with Crippen LogP contribution in [0.3, 0.4) is 0 Å². The Morgan fingerprint density at radius 3 is 1.83 bits per heavy atom. The van der Waals surface area contributed by atoms with Crippen molar-refractivity contribution in [2.45, 2.75) is 9.79 Å². The fourth-order valence-corrected chi connectivity index (χ4v) is 7.23. The summed E-state index contributed by atoms with van der Waals surface area (Å²) >= 11 is 0. The van der Waals surface area contributed by atoms with Gasteiger partial charge in [0.2, 0.25) is 0 Å². The molecule has 1 aromatic heterocycles. The molecule has 3 aromatic carbocycles. The van der Waals surface area contributed by atoms with E-state index in [9.17, 15) is 0 Å². The molecule has 142 valence electrons. The third-order valence-corrected chi connectivity index (χ3v) is 9.31. The number of hydrogen-bond acceptors (Lipinski definition) is 0. The summed E-state index contributed by atoms with van der Waals surface area (Å²) in [4.78, 5) is 2.82. The number of thiol groups is 2. The molecule has 0 fully saturated rings. The van der Waals surface area contributed by atoms with Crippen LogP contribution in [0.5, 0.6) is 0 Å². The quantitative estimate of drug-likeness (QED) is 0.320. The standard InChI is InChI=1S/C26H21NS2/c1-2-8-25-23(7-1)24-19-22(29-17-5-6-18-29)13-14-26(24)27(25)20-9-11-21(12-10-20)28-15-3-4-16-28/h1-19,28-29H. The van der Waals surface area contributed by atoms with Crippen LogP contribution in [-0.4, -0.2) is 4.57 Å². The summed E-state index contributed by atoms with van der Waals surface area (Å²) < 4.78 is 2.40. The fourth-order valence-electron chi connectivity index (χ4n) is 4.19. The van der Waals surface area contributed by atoms with E-state index in [1.54, 1.807) is 0 Å². The van der Waals surface area contributed by atoms with Crippen molar-refractivity contribution in [3.8, 4) is 5.69 Å². The lowest BCUT2D eigenvalue weighted by Crippen LogP contribution is -1.93. The SMILES string of the molecule is C1=C[SH](c2ccc(-n3c4ccccc4c4cc([SH]5C=CC=C5)ccc43)cc2)C=C1.